The molecule has 0 radical (unpaired) electrons. The van der Waals surface area contributed by atoms with Gasteiger partial charge in [0.05, 0.1) is 24.3 Å². The van der Waals surface area contributed by atoms with E-state index in [1.165, 1.54) is 0 Å². The first-order chi connectivity index (χ1) is 5.20. The first-order valence-electron chi connectivity index (χ1n) is 3.84. The van der Waals surface area contributed by atoms with E-state index in [1.54, 1.807) is 12.5 Å². The van der Waals surface area contributed by atoms with Crippen molar-refractivity contribution in [1.29, 1.82) is 0 Å². The van der Waals surface area contributed by atoms with Gasteiger partial charge in [0.1, 0.15) is 0 Å². The summed E-state index contributed by atoms with van der Waals surface area (Å²) >= 11 is 0. The second kappa shape index (κ2) is 3.68. The predicted molar refractivity (Wildman–Crippen MR) is 47.0 cm³/mol. The van der Waals surface area contributed by atoms with Gasteiger partial charge in [-0.15, -0.1) is 0 Å². The van der Waals surface area contributed by atoms with Crippen LogP contribution in [-0.4, -0.2) is 19.0 Å². The first-order valence-corrected chi connectivity index (χ1v) is 6.62. The third kappa shape index (κ3) is 2.47. The van der Waals surface area contributed by atoms with Gasteiger partial charge in [0.25, 0.3) is 0 Å². The number of hydrogen-bond acceptors (Lipinski definition) is 2. The lowest BCUT2D eigenvalue weighted by Crippen LogP contribution is -2.11. The number of aromatic amines is 1. The van der Waals surface area contributed by atoms with Gasteiger partial charge in [-0.1, -0.05) is 0 Å². The Kier molecular flexibility index (Phi) is 2.84. The normalized spacial score (nSPS) is 13.8. The third-order valence-corrected chi connectivity index (χ3v) is 2.39. The summed E-state index contributed by atoms with van der Waals surface area (Å²) in [6.07, 6.45) is 3.66. The van der Waals surface area contributed by atoms with Crippen LogP contribution in [0.4, 0.5) is 0 Å². The van der Waals surface area contributed by atoms with E-state index in [2.05, 4.69) is 23.1 Å². The van der Waals surface area contributed by atoms with Crippen molar-refractivity contribution in [2.45, 2.75) is 26.1 Å². The molecule has 0 fully saturated rings. The molecule has 0 aliphatic heterocycles. The van der Waals surface area contributed by atoms with E-state index in [1.807, 2.05) is 6.92 Å². The highest BCUT2D eigenvalue weighted by molar-refractivity contribution is 6.48. The molecule has 0 saturated heterocycles. The number of nitrogens with one attached hydrogen (secondary N) is 1. The summed E-state index contributed by atoms with van der Waals surface area (Å²) in [4.78, 5) is 6.96. The second-order valence-corrected chi connectivity index (χ2v) is 5.20. The molecule has 0 aromatic carbocycles. The molecule has 0 saturated carbocycles. The average Bonchev–Trinajstić information content (AvgIpc) is 2.35. The quantitative estimate of drug-likeness (QED) is 0.698. The minimum Gasteiger partial charge on any atom is -0.412 e. The van der Waals surface area contributed by atoms with Crippen molar-refractivity contribution in [3.63, 3.8) is 0 Å². The van der Waals surface area contributed by atoms with Crippen molar-refractivity contribution in [1.82, 2.24) is 9.97 Å². The fourth-order valence-corrected chi connectivity index (χ4v) is 1.93. The zero-order valence-electron chi connectivity index (χ0n) is 7.16. The van der Waals surface area contributed by atoms with Crippen LogP contribution in [0.15, 0.2) is 12.5 Å². The van der Waals surface area contributed by atoms with Gasteiger partial charge in [-0.2, -0.15) is 0 Å². The summed E-state index contributed by atoms with van der Waals surface area (Å²) in [6, 6.07) is 0. The van der Waals surface area contributed by atoms with Gasteiger partial charge in [0.15, 0.2) is 9.04 Å². The molecule has 1 unspecified atom stereocenters. The summed E-state index contributed by atoms with van der Waals surface area (Å²) < 4.78 is 5.66. The van der Waals surface area contributed by atoms with E-state index in [0.29, 0.717) is 0 Å². The number of rotatable bonds is 3. The van der Waals surface area contributed by atoms with Crippen LogP contribution in [-0.2, 0) is 4.43 Å². The molecule has 0 amide bonds. The van der Waals surface area contributed by atoms with Gasteiger partial charge < -0.3 is 9.41 Å². The van der Waals surface area contributed by atoms with Gasteiger partial charge in [-0.05, 0) is 20.0 Å². The zero-order chi connectivity index (χ0) is 8.27. The van der Waals surface area contributed by atoms with Gasteiger partial charge in [-0.3, -0.25) is 0 Å². The molecular formula is C7H14N2OSi. The van der Waals surface area contributed by atoms with Crippen LogP contribution < -0.4 is 0 Å². The molecule has 1 atom stereocenters. The minimum absolute atomic E-state index is 0.171. The summed E-state index contributed by atoms with van der Waals surface area (Å²) in [5.41, 5.74) is 1.06. The van der Waals surface area contributed by atoms with Crippen LogP contribution in [0.25, 0.3) is 0 Å². The Bertz CT molecular complexity index is 198. The minimum atomic E-state index is -0.921. The van der Waals surface area contributed by atoms with Crippen LogP contribution in [0.1, 0.15) is 18.7 Å². The van der Waals surface area contributed by atoms with Crippen molar-refractivity contribution < 1.29 is 4.43 Å². The largest absolute Gasteiger partial charge is 0.412 e. The Labute approximate surface area is 68.5 Å². The molecule has 62 valence electrons. The highest BCUT2D eigenvalue weighted by Crippen LogP contribution is 2.13. The SMILES string of the molecule is CC(O[SiH](C)C)c1cnc[nH]1. The van der Waals surface area contributed by atoms with Gasteiger partial charge in [-0.25, -0.2) is 4.98 Å². The zero-order valence-corrected chi connectivity index (χ0v) is 8.32. The van der Waals surface area contributed by atoms with Crippen LogP contribution >= 0.6 is 0 Å². The number of hydrogen-bond donors (Lipinski definition) is 1. The number of H-pyrrole nitrogens is 1. The van der Waals surface area contributed by atoms with E-state index in [4.69, 9.17) is 4.43 Å². The molecule has 0 aliphatic carbocycles. The van der Waals surface area contributed by atoms with E-state index >= 15 is 0 Å². The van der Waals surface area contributed by atoms with Crippen LogP contribution in [0.3, 0.4) is 0 Å². The second-order valence-electron chi connectivity index (χ2n) is 2.83. The maximum atomic E-state index is 5.66. The van der Waals surface area contributed by atoms with Crippen molar-refractivity contribution in [2.24, 2.45) is 0 Å². The maximum Gasteiger partial charge on any atom is 0.171 e. The number of aromatic nitrogens is 2. The lowest BCUT2D eigenvalue weighted by molar-refractivity contribution is 0.226. The molecule has 0 spiro atoms. The van der Waals surface area contributed by atoms with E-state index in [-0.39, 0.29) is 6.10 Å². The Morgan fingerprint density at radius 2 is 2.36 bits per heavy atom. The Morgan fingerprint density at radius 3 is 2.82 bits per heavy atom. The van der Waals surface area contributed by atoms with Crippen molar-refractivity contribution in [3.05, 3.63) is 18.2 Å². The lowest BCUT2D eigenvalue weighted by Gasteiger charge is -2.13. The number of imidazole rings is 1. The number of nitrogens with zero attached hydrogens (tertiary/aromatic N) is 1. The first kappa shape index (κ1) is 8.48. The summed E-state index contributed by atoms with van der Waals surface area (Å²) in [5.74, 6) is 0. The molecule has 0 bridgehead atoms. The highest BCUT2D eigenvalue weighted by atomic mass is 28.3. The van der Waals surface area contributed by atoms with Crippen LogP contribution in [0, 0.1) is 0 Å². The molecule has 0 aliphatic rings. The predicted octanol–water partition coefficient (Wildman–Crippen LogP) is 1.47. The maximum absolute atomic E-state index is 5.66. The van der Waals surface area contributed by atoms with Crippen LogP contribution in [0.5, 0.6) is 0 Å². The van der Waals surface area contributed by atoms with Gasteiger partial charge >= 0.3 is 0 Å². The Morgan fingerprint density at radius 1 is 1.64 bits per heavy atom. The third-order valence-electron chi connectivity index (χ3n) is 1.43. The standard InChI is InChI=1S/C7H14N2OSi/c1-6(10-11(2)3)7-4-8-5-9-7/h4-6,11H,1-3H3,(H,8,9). The highest BCUT2D eigenvalue weighted by Gasteiger charge is 2.08. The Balaban J connectivity index is 2.49. The van der Waals surface area contributed by atoms with Crippen molar-refractivity contribution in [2.75, 3.05) is 0 Å². The molecular weight excluding hydrogens is 156 g/mol. The van der Waals surface area contributed by atoms with Crippen LogP contribution in [0.2, 0.25) is 13.1 Å². The lowest BCUT2D eigenvalue weighted by atomic mass is 10.3. The van der Waals surface area contributed by atoms with E-state index in [0.717, 1.165) is 5.69 Å². The monoisotopic (exact) mass is 170 g/mol. The molecule has 1 heterocycles. The summed E-state index contributed by atoms with van der Waals surface area (Å²) in [5, 5.41) is 0. The summed E-state index contributed by atoms with van der Waals surface area (Å²) in [6.45, 7) is 6.36. The van der Waals surface area contributed by atoms with Gasteiger partial charge in [0.2, 0.25) is 0 Å². The summed E-state index contributed by atoms with van der Waals surface area (Å²) in [7, 11) is -0.921. The van der Waals surface area contributed by atoms with Crippen molar-refractivity contribution in [3.8, 4) is 0 Å². The molecule has 11 heavy (non-hydrogen) atoms. The molecule has 1 rings (SSSR count). The van der Waals surface area contributed by atoms with E-state index in [9.17, 15) is 0 Å². The molecule has 1 N–H and O–H groups in total. The molecule has 3 nitrogen and oxygen atoms in total. The van der Waals surface area contributed by atoms with E-state index < -0.39 is 9.04 Å². The molecule has 1 aromatic rings. The smallest absolute Gasteiger partial charge is 0.171 e. The molecule has 1 aromatic heterocycles. The average molecular weight is 170 g/mol. The fourth-order valence-electron chi connectivity index (χ4n) is 0.971. The van der Waals surface area contributed by atoms with Crippen molar-refractivity contribution >= 4 is 9.04 Å². The topological polar surface area (TPSA) is 37.9 Å². The molecule has 4 heteroatoms. The fraction of sp³-hybridized carbons (Fsp3) is 0.571. The van der Waals surface area contributed by atoms with Gasteiger partial charge in [0, 0.05) is 0 Å². The Hall–Kier alpha value is -0.613.